The second-order valence-corrected chi connectivity index (χ2v) is 11.2. The zero-order valence-corrected chi connectivity index (χ0v) is 26.0. The second-order valence-electron chi connectivity index (χ2n) is 11.2. The second kappa shape index (κ2) is 24.8. The van der Waals surface area contributed by atoms with Gasteiger partial charge in [0.05, 0.1) is 25.4 Å². The summed E-state index contributed by atoms with van der Waals surface area (Å²) in [5.74, 6) is -0.282. The molecule has 1 saturated heterocycles. The lowest BCUT2D eigenvalue weighted by atomic mass is 9.99. The summed E-state index contributed by atoms with van der Waals surface area (Å²) in [4.78, 5) is 12.0. The summed E-state index contributed by atoms with van der Waals surface area (Å²) >= 11 is 0. The molecule has 42 heavy (non-hydrogen) atoms. The number of hydrogen-bond donors (Lipinski definition) is 6. The first-order chi connectivity index (χ1) is 20.3. The summed E-state index contributed by atoms with van der Waals surface area (Å²) < 4.78 is 10.9. The minimum Gasteiger partial charge on any atom is -0.394 e. The maximum atomic E-state index is 12.0. The van der Waals surface area contributed by atoms with E-state index in [1.54, 1.807) is 13.0 Å². The molecule has 0 spiro atoms. The fourth-order valence-corrected chi connectivity index (χ4v) is 4.74. The van der Waals surface area contributed by atoms with Gasteiger partial charge in [0.1, 0.15) is 24.4 Å². The molecule has 1 rings (SSSR count). The van der Waals surface area contributed by atoms with Gasteiger partial charge in [-0.15, -0.1) is 0 Å². The van der Waals surface area contributed by atoms with Gasteiger partial charge in [0.2, 0.25) is 5.91 Å². The molecule has 1 aliphatic rings. The number of carbonyl (C=O) groups is 1. The smallest absolute Gasteiger partial charge is 0.220 e. The quantitative estimate of drug-likeness (QED) is 0.0716. The van der Waals surface area contributed by atoms with E-state index in [0.717, 1.165) is 25.7 Å². The van der Waals surface area contributed by atoms with E-state index in [-0.39, 0.29) is 18.9 Å². The molecule has 0 radical (unpaired) electrons. The number of ether oxygens (including phenoxy) is 2. The highest BCUT2D eigenvalue weighted by molar-refractivity contribution is 5.75. The number of hydrogen-bond acceptors (Lipinski definition) is 8. The molecule has 0 saturated carbocycles. The molecule has 7 atom stereocenters. The molecule has 9 nitrogen and oxygen atoms in total. The van der Waals surface area contributed by atoms with Gasteiger partial charge >= 0.3 is 0 Å². The molecule has 1 fully saturated rings. The predicted molar refractivity (Wildman–Crippen MR) is 166 cm³/mol. The Hall–Kier alpha value is -1.59. The molecule has 0 aromatic carbocycles. The molecule has 1 heterocycles. The van der Waals surface area contributed by atoms with Crippen LogP contribution in [0.15, 0.2) is 36.5 Å². The number of amides is 1. The number of unbranched alkanes of at least 4 members (excludes halogenated alkanes) is 11. The number of carbonyl (C=O) groups excluding carboxylic acids is 1. The number of allylic oxidation sites excluding steroid dienone is 5. The Morgan fingerprint density at radius 3 is 1.90 bits per heavy atom. The Balaban J connectivity index is 2.27. The third-order valence-corrected chi connectivity index (χ3v) is 7.51. The van der Waals surface area contributed by atoms with Crippen molar-refractivity contribution >= 4 is 5.91 Å². The summed E-state index contributed by atoms with van der Waals surface area (Å²) in [7, 11) is 0. The molecular weight excluding hydrogens is 538 g/mol. The van der Waals surface area contributed by atoms with Gasteiger partial charge in [0, 0.05) is 6.42 Å². The van der Waals surface area contributed by atoms with E-state index in [0.29, 0.717) is 0 Å². The highest BCUT2D eigenvalue weighted by Crippen LogP contribution is 2.22. The molecule has 0 aliphatic carbocycles. The van der Waals surface area contributed by atoms with Crippen molar-refractivity contribution in [1.82, 2.24) is 5.32 Å². The van der Waals surface area contributed by atoms with E-state index in [4.69, 9.17) is 9.47 Å². The Labute approximate surface area is 253 Å². The third kappa shape index (κ3) is 16.9. The standard InChI is InChI=1S/C33H59NO8/c1-3-5-6-7-8-9-10-11-12-13-14-15-16-17-18-19-20-21-22-23-27(36)26(34-29(37)4-2)25-41-33-32(40)31(39)30(38)28(24-35)42-33/h14-15,18-19,22-23,26-28,30-33,35-36,38-40H,3-13,16-17,20-21,24-25H2,1-2H3,(H,34,37)/b15-14+,19-18+,23-22+. The Bertz CT molecular complexity index is 756. The van der Waals surface area contributed by atoms with E-state index in [1.807, 2.05) is 6.08 Å². The molecule has 7 unspecified atom stereocenters. The van der Waals surface area contributed by atoms with Crippen molar-refractivity contribution in [3.8, 4) is 0 Å². The van der Waals surface area contributed by atoms with Crippen LogP contribution in [0.5, 0.6) is 0 Å². The number of aliphatic hydroxyl groups is 5. The summed E-state index contributed by atoms with van der Waals surface area (Å²) in [6, 6.07) is -0.820. The van der Waals surface area contributed by atoms with Crippen LogP contribution in [-0.2, 0) is 14.3 Å². The molecule has 1 amide bonds. The third-order valence-electron chi connectivity index (χ3n) is 7.51. The zero-order valence-electron chi connectivity index (χ0n) is 26.0. The average Bonchev–Trinajstić information content (AvgIpc) is 2.99. The molecular formula is C33H59NO8. The van der Waals surface area contributed by atoms with Crippen molar-refractivity contribution in [2.24, 2.45) is 0 Å². The van der Waals surface area contributed by atoms with Crippen LogP contribution >= 0.6 is 0 Å². The van der Waals surface area contributed by atoms with Crippen LogP contribution in [0.4, 0.5) is 0 Å². The van der Waals surface area contributed by atoms with Gasteiger partial charge in [-0.25, -0.2) is 0 Å². The summed E-state index contributed by atoms with van der Waals surface area (Å²) in [6.45, 7) is 3.16. The molecule has 0 aromatic heterocycles. The maximum Gasteiger partial charge on any atom is 0.220 e. The van der Waals surface area contributed by atoms with Gasteiger partial charge in [0.15, 0.2) is 6.29 Å². The van der Waals surface area contributed by atoms with Crippen molar-refractivity contribution in [3.63, 3.8) is 0 Å². The van der Waals surface area contributed by atoms with Crippen LogP contribution < -0.4 is 5.32 Å². The Morgan fingerprint density at radius 2 is 1.33 bits per heavy atom. The maximum absolute atomic E-state index is 12.0. The van der Waals surface area contributed by atoms with Gasteiger partial charge in [-0.05, 0) is 38.5 Å². The van der Waals surface area contributed by atoms with Gasteiger partial charge in [0.25, 0.3) is 0 Å². The van der Waals surface area contributed by atoms with Crippen molar-refractivity contribution in [2.75, 3.05) is 13.2 Å². The van der Waals surface area contributed by atoms with Crippen LogP contribution in [0.1, 0.15) is 110 Å². The fraction of sp³-hybridized carbons (Fsp3) is 0.788. The number of nitrogens with one attached hydrogen (secondary N) is 1. The fourth-order valence-electron chi connectivity index (χ4n) is 4.74. The number of aliphatic hydroxyl groups excluding tert-OH is 5. The first-order valence-electron chi connectivity index (χ1n) is 16.2. The van der Waals surface area contributed by atoms with E-state index in [9.17, 15) is 30.3 Å². The largest absolute Gasteiger partial charge is 0.394 e. The summed E-state index contributed by atoms with van der Waals surface area (Å²) in [5.41, 5.74) is 0. The highest BCUT2D eigenvalue weighted by atomic mass is 16.7. The first kappa shape index (κ1) is 38.4. The minimum atomic E-state index is -1.57. The zero-order chi connectivity index (χ0) is 31.0. The molecule has 9 heteroatoms. The van der Waals surface area contributed by atoms with Gasteiger partial charge in [-0.2, -0.15) is 0 Å². The topological polar surface area (TPSA) is 149 Å². The van der Waals surface area contributed by atoms with E-state index >= 15 is 0 Å². The van der Waals surface area contributed by atoms with Crippen LogP contribution in [0, 0.1) is 0 Å². The van der Waals surface area contributed by atoms with Crippen LogP contribution in [0.3, 0.4) is 0 Å². The van der Waals surface area contributed by atoms with E-state index < -0.39 is 49.5 Å². The van der Waals surface area contributed by atoms with Gasteiger partial charge in [-0.1, -0.05) is 102 Å². The average molecular weight is 598 g/mol. The van der Waals surface area contributed by atoms with Gasteiger partial charge in [-0.3, -0.25) is 4.79 Å². The molecule has 0 aromatic rings. The van der Waals surface area contributed by atoms with Gasteiger partial charge < -0.3 is 40.3 Å². The monoisotopic (exact) mass is 597 g/mol. The molecule has 1 aliphatic heterocycles. The lowest BCUT2D eigenvalue weighted by Gasteiger charge is -2.40. The lowest BCUT2D eigenvalue weighted by Crippen LogP contribution is -2.60. The van der Waals surface area contributed by atoms with Crippen molar-refractivity contribution < 1.29 is 39.8 Å². The molecule has 244 valence electrons. The normalized spacial score (nSPS) is 24.6. The van der Waals surface area contributed by atoms with E-state index in [2.05, 4.69) is 36.5 Å². The summed E-state index contributed by atoms with van der Waals surface area (Å²) in [6.07, 6.45) is 21.4. The molecule has 0 bridgehead atoms. The van der Waals surface area contributed by atoms with Crippen molar-refractivity contribution in [3.05, 3.63) is 36.5 Å². The Morgan fingerprint density at radius 1 is 0.786 bits per heavy atom. The number of rotatable bonds is 24. The summed E-state index contributed by atoms with van der Waals surface area (Å²) in [5, 5.41) is 52.7. The van der Waals surface area contributed by atoms with Crippen LogP contribution in [-0.4, -0.2) is 87.5 Å². The van der Waals surface area contributed by atoms with Crippen molar-refractivity contribution in [1.29, 1.82) is 0 Å². The van der Waals surface area contributed by atoms with Crippen LogP contribution in [0.2, 0.25) is 0 Å². The molecule has 6 N–H and O–H groups in total. The Kier molecular flexibility index (Phi) is 22.7. The minimum absolute atomic E-state index is 0.215. The first-order valence-corrected chi connectivity index (χ1v) is 16.2. The van der Waals surface area contributed by atoms with Crippen molar-refractivity contribution in [2.45, 2.75) is 153 Å². The predicted octanol–water partition coefficient (Wildman–Crippen LogP) is 4.21. The van der Waals surface area contributed by atoms with E-state index in [1.165, 1.54) is 64.2 Å². The highest BCUT2D eigenvalue weighted by Gasteiger charge is 2.44. The lowest BCUT2D eigenvalue weighted by molar-refractivity contribution is -0.302. The van der Waals surface area contributed by atoms with Crippen LogP contribution in [0.25, 0.3) is 0 Å². The SMILES string of the molecule is CCCCCCCCCCC/C=C/CC/C=C/CC/C=C/C(O)C(COC1OC(CO)C(O)C(O)C1O)NC(=O)CC.